The molecule has 118 valence electrons. The van der Waals surface area contributed by atoms with Crippen LogP contribution < -0.4 is 5.32 Å². The van der Waals surface area contributed by atoms with Crippen molar-refractivity contribution in [3.63, 3.8) is 0 Å². The number of hydrogen-bond acceptors (Lipinski definition) is 4. The van der Waals surface area contributed by atoms with Gasteiger partial charge in [-0.3, -0.25) is 4.90 Å². The van der Waals surface area contributed by atoms with Crippen LogP contribution in [0.5, 0.6) is 0 Å². The Balaban J connectivity index is 1.92. The number of rotatable bonds is 6. The van der Waals surface area contributed by atoms with Gasteiger partial charge in [0.15, 0.2) is 0 Å². The molecular formula is C16H32N2O2. The minimum Gasteiger partial charge on any atom is -0.394 e. The van der Waals surface area contributed by atoms with E-state index >= 15 is 0 Å². The Labute approximate surface area is 123 Å². The Morgan fingerprint density at radius 1 is 1.35 bits per heavy atom. The lowest BCUT2D eigenvalue weighted by Crippen LogP contribution is -2.51. The van der Waals surface area contributed by atoms with E-state index < -0.39 is 0 Å². The summed E-state index contributed by atoms with van der Waals surface area (Å²) < 4.78 is 5.57. The zero-order valence-corrected chi connectivity index (χ0v) is 13.2. The number of nitrogens with one attached hydrogen (secondary N) is 1. The molecule has 1 saturated heterocycles. The van der Waals surface area contributed by atoms with Crippen molar-refractivity contribution in [3.05, 3.63) is 0 Å². The largest absolute Gasteiger partial charge is 0.394 e. The van der Waals surface area contributed by atoms with E-state index in [9.17, 15) is 5.11 Å². The van der Waals surface area contributed by atoms with Gasteiger partial charge in [0.25, 0.3) is 0 Å². The highest BCUT2D eigenvalue weighted by molar-refractivity contribution is 4.90. The van der Waals surface area contributed by atoms with Crippen molar-refractivity contribution in [1.82, 2.24) is 10.2 Å². The molecule has 1 heterocycles. The smallest absolute Gasteiger partial charge is 0.0932 e. The summed E-state index contributed by atoms with van der Waals surface area (Å²) in [6.07, 6.45) is 5.41. The maximum Gasteiger partial charge on any atom is 0.0932 e. The lowest BCUT2D eigenvalue weighted by atomic mass is 9.70. The van der Waals surface area contributed by atoms with Crippen LogP contribution in [0, 0.1) is 11.3 Å². The molecule has 4 heteroatoms. The normalized spacial score (nSPS) is 36.1. The number of nitrogens with zero attached hydrogens (tertiary/aromatic N) is 1. The summed E-state index contributed by atoms with van der Waals surface area (Å²) in [5.74, 6) is 0.889. The SMILES string of the molecule is CCNCC1(CN2CCOC(CO)C2)CCC(C)CC1. The van der Waals surface area contributed by atoms with Crippen molar-refractivity contribution in [2.24, 2.45) is 11.3 Å². The van der Waals surface area contributed by atoms with Gasteiger partial charge in [-0.05, 0) is 30.7 Å². The fourth-order valence-corrected chi connectivity index (χ4v) is 3.66. The van der Waals surface area contributed by atoms with Crippen LogP contribution in [0.2, 0.25) is 0 Å². The molecule has 20 heavy (non-hydrogen) atoms. The van der Waals surface area contributed by atoms with Gasteiger partial charge in [0, 0.05) is 26.2 Å². The summed E-state index contributed by atoms with van der Waals surface area (Å²) in [5.41, 5.74) is 0.430. The maximum absolute atomic E-state index is 9.29. The van der Waals surface area contributed by atoms with E-state index in [2.05, 4.69) is 24.1 Å². The first-order valence-electron chi connectivity index (χ1n) is 8.33. The van der Waals surface area contributed by atoms with Gasteiger partial charge in [0.2, 0.25) is 0 Å². The summed E-state index contributed by atoms with van der Waals surface area (Å²) in [6.45, 7) is 10.7. The molecule has 0 amide bonds. The van der Waals surface area contributed by atoms with Crippen LogP contribution >= 0.6 is 0 Å². The van der Waals surface area contributed by atoms with Crippen molar-refractivity contribution in [1.29, 1.82) is 0 Å². The zero-order valence-electron chi connectivity index (χ0n) is 13.2. The van der Waals surface area contributed by atoms with E-state index in [4.69, 9.17) is 4.74 Å². The van der Waals surface area contributed by atoms with Gasteiger partial charge >= 0.3 is 0 Å². The highest BCUT2D eigenvalue weighted by Crippen LogP contribution is 2.39. The van der Waals surface area contributed by atoms with Crippen LogP contribution in [-0.4, -0.2) is 62.0 Å². The molecule has 0 aromatic rings. The molecule has 2 aliphatic rings. The second-order valence-corrected chi connectivity index (χ2v) is 6.87. The molecule has 0 radical (unpaired) electrons. The molecule has 1 saturated carbocycles. The van der Waals surface area contributed by atoms with Crippen molar-refractivity contribution in [3.8, 4) is 0 Å². The van der Waals surface area contributed by atoms with Gasteiger partial charge in [-0.2, -0.15) is 0 Å². The Hall–Kier alpha value is -0.160. The van der Waals surface area contributed by atoms with E-state index in [-0.39, 0.29) is 12.7 Å². The topological polar surface area (TPSA) is 44.7 Å². The van der Waals surface area contributed by atoms with Crippen LogP contribution in [-0.2, 0) is 4.74 Å². The lowest BCUT2D eigenvalue weighted by molar-refractivity contribution is -0.0663. The minimum atomic E-state index is 0.0162. The Kier molecular flexibility index (Phi) is 6.27. The Bertz CT molecular complexity index is 272. The van der Waals surface area contributed by atoms with Gasteiger partial charge in [0.05, 0.1) is 19.3 Å². The number of ether oxygens (including phenoxy) is 1. The predicted molar refractivity (Wildman–Crippen MR) is 81.9 cm³/mol. The molecule has 2 N–H and O–H groups in total. The zero-order chi connectivity index (χ0) is 14.4. The molecule has 0 aromatic heterocycles. The summed E-state index contributed by atoms with van der Waals surface area (Å²) in [5, 5.41) is 12.9. The predicted octanol–water partition coefficient (Wildman–Crippen LogP) is 1.49. The van der Waals surface area contributed by atoms with Gasteiger partial charge in [-0.25, -0.2) is 0 Å². The van der Waals surface area contributed by atoms with E-state index in [0.29, 0.717) is 5.41 Å². The standard InChI is InChI=1S/C16H32N2O2/c1-3-17-12-16(6-4-14(2)5-7-16)13-18-8-9-20-15(10-18)11-19/h14-15,17,19H,3-13H2,1-2H3. The number of aliphatic hydroxyl groups excluding tert-OH is 1. The fraction of sp³-hybridized carbons (Fsp3) is 1.00. The Morgan fingerprint density at radius 3 is 2.75 bits per heavy atom. The van der Waals surface area contributed by atoms with Gasteiger partial charge < -0.3 is 15.2 Å². The molecule has 1 aliphatic carbocycles. The van der Waals surface area contributed by atoms with Crippen molar-refractivity contribution < 1.29 is 9.84 Å². The fourth-order valence-electron chi connectivity index (χ4n) is 3.66. The molecule has 0 spiro atoms. The third kappa shape index (κ3) is 4.42. The second kappa shape index (κ2) is 7.74. The van der Waals surface area contributed by atoms with Crippen LogP contribution in [0.1, 0.15) is 39.5 Å². The van der Waals surface area contributed by atoms with E-state index in [0.717, 1.165) is 45.2 Å². The van der Waals surface area contributed by atoms with Gasteiger partial charge in [-0.1, -0.05) is 26.7 Å². The number of aliphatic hydroxyl groups is 1. The summed E-state index contributed by atoms with van der Waals surface area (Å²) in [4.78, 5) is 2.51. The first kappa shape index (κ1) is 16.2. The lowest BCUT2D eigenvalue weighted by Gasteiger charge is -2.44. The molecule has 1 unspecified atom stereocenters. The third-order valence-electron chi connectivity index (χ3n) is 5.07. The van der Waals surface area contributed by atoms with E-state index in [1.807, 2.05) is 0 Å². The number of hydrogen-bond donors (Lipinski definition) is 2. The summed E-state index contributed by atoms with van der Waals surface area (Å²) in [7, 11) is 0. The second-order valence-electron chi connectivity index (χ2n) is 6.87. The van der Waals surface area contributed by atoms with Crippen LogP contribution in [0.4, 0.5) is 0 Å². The summed E-state index contributed by atoms with van der Waals surface area (Å²) in [6, 6.07) is 0. The monoisotopic (exact) mass is 284 g/mol. The van der Waals surface area contributed by atoms with Crippen LogP contribution in [0.25, 0.3) is 0 Å². The van der Waals surface area contributed by atoms with Gasteiger partial charge in [-0.15, -0.1) is 0 Å². The molecule has 2 fully saturated rings. The first-order chi connectivity index (χ1) is 9.67. The Morgan fingerprint density at radius 2 is 2.10 bits per heavy atom. The quantitative estimate of drug-likeness (QED) is 0.775. The summed E-state index contributed by atoms with van der Waals surface area (Å²) >= 11 is 0. The molecule has 2 rings (SSSR count). The molecule has 4 nitrogen and oxygen atoms in total. The van der Waals surface area contributed by atoms with Crippen molar-refractivity contribution in [2.75, 3.05) is 45.9 Å². The van der Waals surface area contributed by atoms with Gasteiger partial charge in [0.1, 0.15) is 0 Å². The highest BCUT2D eigenvalue weighted by atomic mass is 16.5. The first-order valence-corrected chi connectivity index (χ1v) is 8.33. The third-order valence-corrected chi connectivity index (χ3v) is 5.07. The van der Waals surface area contributed by atoms with E-state index in [1.54, 1.807) is 0 Å². The van der Waals surface area contributed by atoms with Crippen molar-refractivity contribution in [2.45, 2.75) is 45.6 Å². The highest BCUT2D eigenvalue weighted by Gasteiger charge is 2.36. The average molecular weight is 284 g/mol. The van der Waals surface area contributed by atoms with E-state index in [1.165, 1.54) is 25.7 Å². The molecular weight excluding hydrogens is 252 g/mol. The molecule has 1 atom stereocenters. The molecule has 1 aliphatic heterocycles. The van der Waals surface area contributed by atoms with Crippen LogP contribution in [0.15, 0.2) is 0 Å². The average Bonchev–Trinajstić information content (AvgIpc) is 2.48. The van der Waals surface area contributed by atoms with Crippen LogP contribution in [0.3, 0.4) is 0 Å². The minimum absolute atomic E-state index is 0.0162. The number of morpholine rings is 1. The molecule has 0 bridgehead atoms. The van der Waals surface area contributed by atoms with Crippen molar-refractivity contribution >= 4 is 0 Å². The maximum atomic E-state index is 9.29. The molecule has 0 aromatic carbocycles.